The number of hydrogen-bond donors (Lipinski definition) is 2. The molecule has 1 aliphatic heterocycles. The van der Waals surface area contributed by atoms with E-state index in [1.165, 1.54) is 12.3 Å². The van der Waals surface area contributed by atoms with Crippen LogP contribution in [0.3, 0.4) is 0 Å². The minimum Gasteiger partial charge on any atom is -0.471 e. The molecular formula is C11H14BrClFN3O2. The van der Waals surface area contributed by atoms with Crippen molar-refractivity contribution in [1.82, 2.24) is 10.3 Å². The van der Waals surface area contributed by atoms with Crippen molar-refractivity contribution in [1.29, 1.82) is 0 Å². The number of hydrogen-bond acceptors (Lipinski definition) is 4. The minimum absolute atomic E-state index is 0. The molecule has 0 aliphatic carbocycles. The van der Waals surface area contributed by atoms with E-state index < -0.39 is 18.2 Å². The molecule has 1 amide bonds. The fourth-order valence-corrected chi connectivity index (χ4v) is 2.10. The minimum atomic E-state index is -1.12. The molecule has 2 atom stereocenters. The Kier molecular flexibility index (Phi) is 5.96. The Morgan fingerprint density at radius 3 is 3.00 bits per heavy atom. The number of ether oxygens (including phenoxy) is 1. The number of amides is 1. The van der Waals surface area contributed by atoms with Crippen LogP contribution in [0.4, 0.5) is 4.39 Å². The van der Waals surface area contributed by atoms with Gasteiger partial charge in [-0.1, -0.05) is 0 Å². The highest BCUT2D eigenvalue weighted by atomic mass is 79.9. The van der Waals surface area contributed by atoms with Gasteiger partial charge in [0.15, 0.2) is 0 Å². The van der Waals surface area contributed by atoms with Crippen molar-refractivity contribution in [3.63, 3.8) is 0 Å². The predicted molar refractivity (Wildman–Crippen MR) is 74.5 cm³/mol. The Hall–Kier alpha value is -0.920. The number of halogens is 3. The second-order valence-corrected chi connectivity index (χ2v) is 4.95. The maximum atomic E-state index is 13.6. The Morgan fingerprint density at radius 2 is 2.37 bits per heavy atom. The van der Waals surface area contributed by atoms with Crippen LogP contribution in [0.5, 0.6) is 5.88 Å². The van der Waals surface area contributed by atoms with E-state index in [1.807, 2.05) is 0 Å². The number of nitrogens with two attached hydrogens (primary N) is 1. The Morgan fingerprint density at radius 1 is 1.63 bits per heavy atom. The number of alkyl halides is 1. The van der Waals surface area contributed by atoms with Crippen LogP contribution in [0.1, 0.15) is 16.8 Å². The third kappa shape index (κ3) is 4.02. The molecule has 5 nitrogen and oxygen atoms in total. The molecule has 1 aromatic rings. The number of primary amides is 1. The van der Waals surface area contributed by atoms with Crippen molar-refractivity contribution in [2.24, 2.45) is 5.73 Å². The molecule has 1 saturated heterocycles. The molecule has 19 heavy (non-hydrogen) atoms. The van der Waals surface area contributed by atoms with Crippen molar-refractivity contribution in [3.8, 4) is 5.88 Å². The lowest BCUT2D eigenvalue weighted by Gasteiger charge is -2.27. The zero-order valence-electron chi connectivity index (χ0n) is 9.94. The molecular weight excluding hydrogens is 340 g/mol. The topological polar surface area (TPSA) is 77.2 Å². The molecule has 1 aromatic heterocycles. The van der Waals surface area contributed by atoms with E-state index in [-0.39, 0.29) is 30.4 Å². The molecule has 0 aromatic carbocycles. The summed E-state index contributed by atoms with van der Waals surface area (Å²) >= 11 is 3.19. The van der Waals surface area contributed by atoms with Crippen molar-refractivity contribution in [3.05, 3.63) is 22.3 Å². The maximum Gasteiger partial charge on any atom is 0.254 e. The average Bonchev–Trinajstić information content (AvgIpc) is 2.34. The van der Waals surface area contributed by atoms with Gasteiger partial charge in [0.05, 0.1) is 0 Å². The highest BCUT2D eigenvalue weighted by molar-refractivity contribution is 9.10. The van der Waals surface area contributed by atoms with Crippen molar-refractivity contribution in [2.75, 3.05) is 13.1 Å². The summed E-state index contributed by atoms with van der Waals surface area (Å²) in [4.78, 5) is 15.2. The first-order chi connectivity index (χ1) is 8.58. The summed E-state index contributed by atoms with van der Waals surface area (Å²) in [6, 6.07) is 1.51. The number of nitrogens with one attached hydrogen (secondary N) is 1. The first kappa shape index (κ1) is 16.1. The van der Waals surface area contributed by atoms with Crippen LogP contribution in [-0.4, -0.2) is 36.3 Å². The highest BCUT2D eigenvalue weighted by Crippen LogP contribution is 2.23. The van der Waals surface area contributed by atoms with Gasteiger partial charge in [-0.05, 0) is 35.0 Å². The molecule has 0 unspecified atom stereocenters. The van der Waals surface area contributed by atoms with Crippen molar-refractivity contribution < 1.29 is 13.9 Å². The summed E-state index contributed by atoms with van der Waals surface area (Å²) < 4.78 is 19.7. The number of rotatable bonds is 3. The molecule has 0 spiro atoms. The fourth-order valence-electron chi connectivity index (χ4n) is 1.77. The number of carbonyl (C=O) groups is 1. The lowest BCUT2D eigenvalue weighted by atomic mass is 10.1. The molecule has 0 saturated carbocycles. The van der Waals surface area contributed by atoms with E-state index in [9.17, 15) is 9.18 Å². The normalized spacial score (nSPS) is 22.4. The molecule has 2 heterocycles. The van der Waals surface area contributed by atoms with Crippen molar-refractivity contribution in [2.45, 2.75) is 18.7 Å². The molecule has 3 N–H and O–H groups in total. The van der Waals surface area contributed by atoms with Crippen LogP contribution in [0.25, 0.3) is 0 Å². The van der Waals surface area contributed by atoms with Gasteiger partial charge in [-0.15, -0.1) is 12.4 Å². The van der Waals surface area contributed by atoms with Crippen LogP contribution in [0, 0.1) is 0 Å². The third-order valence-electron chi connectivity index (χ3n) is 2.69. The largest absolute Gasteiger partial charge is 0.471 e. The maximum absolute atomic E-state index is 13.6. The Labute approximate surface area is 124 Å². The van der Waals surface area contributed by atoms with E-state index in [0.717, 1.165) is 0 Å². The molecule has 0 bridgehead atoms. The number of aromatic nitrogens is 1. The van der Waals surface area contributed by atoms with Gasteiger partial charge in [0.1, 0.15) is 17.8 Å². The number of piperidine rings is 1. The zero-order valence-corrected chi connectivity index (χ0v) is 12.3. The van der Waals surface area contributed by atoms with E-state index in [4.69, 9.17) is 10.5 Å². The van der Waals surface area contributed by atoms with Crippen LogP contribution in [-0.2, 0) is 0 Å². The Balaban J connectivity index is 0.00000180. The zero-order chi connectivity index (χ0) is 13.1. The summed E-state index contributed by atoms with van der Waals surface area (Å²) in [5.41, 5.74) is 5.39. The van der Waals surface area contributed by atoms with Gasteiger partial charge in [0.25, 0.3) is 5.91 Å². The van der Waals surface area contributed by atoms with Crippen LogP contribution in [0.15, 0.2) is 16.7 Å². The molecule has 106 valence electrons. The van der Waals surface area contributed by atoms with Gasteiger partial charge in [-0.2, -0.15) is 0 Å². The van der Waals surface area contributed by atoms with Crippen molar-refractivity contribution >= 4 is 34.2 Å². The van der Waals surface area contributed by atoms with E-state index >= 15 is 0 Å². The van der Waals surface area contributed by atoms with Crippen LogP contribution >= 0.6 is 28.3 Å². The lowest BCUT2D eigenvalue weighted by Crippen LogP contribution is -2.44. The standard InChI is InChI=1S/C11H13BrFN3O2.ClH/c12-6-3-7(10(14)17)11(16-4-6)18-9-1-2-15-5-8(9)13;/h3-4,8-9,15H,1-2,5H2,(H2,14,17);1H/t8-,9-;/m0./s1. The first-order valence-corrected chi connectivity index (χ1v) is 6.34. The highest BCUT2D eigenvalue weighted by Gasteiger charge is 2.28. The van der Waals surface area contributed by atoms with Gasteiger partial charge in [-0.3, -0.25) is 4.79 Å². The van der Waals surface area contributed by atoms with Gasteiger partial charge in [0, 0.05) is 17.2 Å². The van der Waals surface area contributed by atoms with Gasteiger partial charge in [-0.25, -0.2) is 9.37 Å². The van der Waals surface area contributed by atoms with E-state index in [2.05, 4.69) is 26.2 Å². The quantitative estimate of drug-likeness (QED) is 0.861. The average molecular weight is 355 g/mol. The summed E-state index contributed by atoms with van der Waals surface area (Å²) in [6.07, 6.45) is 0.288. The van der Waals surface area contributed by atoms with Gasteiger partial charge in [0.2, 0.25) is 5.88 Å². The first-order valence-electron chi connectivity index (χ1n) is 5.54. The van der Waals surface area contributed by atoms with E-state index in [0.29, 0.717) is 17.4 Å². The Bertz CT molecular complexity index is 464. The number of nitrogens with zero attached hydrogens (tertiary/aromatic N) is 1. The monoisotopic (exact) mass is 353 g/mol. The second-order valence-electron chi connectivity index (χ2n) is 4.04. The lowest BCUT2D eigenvalue weighted by molar-refractivity contribution is 0.0676. The predicted octanol–water partition coefficient (Wildman–Crippen LogP) is 1.44. The molecule has 1 fully saturated rings. The number of carbonyl (C=O) groups excluding carboxylic acids is 1. The SMILES string of the molecule is Cl.NC(=O)c1cc(Br)cnc1O[C@H]1CCNC[C@@H]1F. The molecule has 1 aliphatic rings. The van der Waals surface area contributed by atoms with Crippen LogP contribution in [0.2, 0.25) is 0 Å². The summed E-state index contributed by atoms with van der Waals surface area (Å²) in [7, 11) is 0. The number of pyridine rings is 1. The molecule has 2 rings (SSSR count). The van der Waals surface area contributed by atoms with E-state index in [1.54, 1.807) is 0 Å². The summed E-state index contributed by atoms with van der Waals surface area (Å²) in [5, 5.41) is 2.92. The van der Waals surface area contributed by atoms with Gasteiger partial charge < -0.3 is 15.8 Å². The third-order valence-corrected chi connectivity index (χ3v) is 3.13. The summed E-state index contributed by atoms with van der Waals surface area (Å²) in [5.74, 6) is -0.566. The second kappa shape index (κ2) is 7.02. The van der Waals surface area contributed by atoms with Gasteiger partial charge >= 0.3 is 0 Å². The van der Waals surface area contributed by atoms with Crippen LogP contribution < -0.4 is 15.8 Å². The fraction of sp³-hybridized carbons (Fsp3) is 0.455. The molecule has 8 heteroatoms. The molecule has 0 radical (unpaired) electrons. The smallest absolute Gasteiger partial charge is 0.254 e. The summed E-state index contributed by atoms with van der Waals surface area (Å²) in [6.45, 7) is 0.917.